The number of halogens is 3. The summed E-state index contributed by atoms with van der Waals surface area (Å²) < 4.78 is 38.1. The largest absolute Gasteiger partial charge is 0.393 e. The molecule has 1 heterocycles. The lowest BCUT2D eigenvalue weighted by Gasteiger charge is -2.33. The molecule has 1 N–H and O–H groups in total. The second-order valence-electron chi connectivity index (χ2n) is 6.32. The molecule has 1 saturated carbocycles. The van der Waals surface area contributed by atoms with Crippen molar-refractivity contribution < 1.29 is 13.2 Å². The highest BCUT2D eigenvalue weighted by Crippen LogP contribution is 2.33. The normalized spacial score (nSPS) is 26.9. The molecule has 1 aliphatic heterocycles. The first kappa shape index (κ1) is 16.1. The molecule has 2 aliphatic rings. The van der Waals surface area contributed by atoms with Crippen LogP contribution in [-0.4, -0.2) is 43.3 Å². The third kappa shape index (κ3) is 5.24. The molecule has 1 atom stereocenters. The molecule has 118 valence electrons. The summed E-state index contributed by atoms with van der Waals surface area (Å²) in [4.78, 5) is 1.99. The van der Waals surface area contributed by atoms with Crippen molar-refractivity contribution in [2.75, 3.05) is 26.2 Å². The molecular weight excluding hydrogens is 265 g/mol. The summed E-state index contributed by atoms with van der Waals surface area (Å²) in [5, 5.41) is 3.55. The van der Waals surface area contributed by atoms with Gasteiger partial charge >= 0.3 is 6.18 Å². The zero-order valence-electron chi connectivity index (χ0n) is 12.2. The van der Waals surface area contributed by atoms with Crippen LogP contribution in [-0.2, 0) is 0 Å². The van der Waals surface area contributed by atoms with Crippen molar-refractivity contribution in [3.63, 3.8) is 0 Å². The van der Waals surface area contributed by atoms with E-state index in [4.69, 9.17) is 0 Å². The lowest BCUT2D eigenvalue weighted by atomic mass is 9.95. The second-order valence-corrected chi connectivity index (χ2v) is 6.32. The zero-order valence-corrected chi connectivity index (χ0v) is 12.2. The van der Waals surface area contributed by atoms with Gasteiger partial charge in [0.05, 0.1) is 5.92 Å². The predicted octanol–water partition coefficient (Wildman–Crippen LogP) is 3.57. The molecule has 1 unspecified atom stereocenters. The van der Waals surface area contributed by atoms with Gasteiger partial charge in [-0.05, 0) is 51.7 Å². The Bertz CT molecular complexity index is 275. The summed E-state index contributed by atoms with van der Waals surface area (Å²) in [7, 11) is 0. The average Bonchev–Trinajstić information content (AvgIpc) is 2.44. The van der Waals surface area contributed by atoms with Crippen LogP contribution >= 0.6 is 0 Å². The molecule has 5 heteroatoms. The summed E-state index contributed by atoms with van der Waals surface area (Å²) in [6.45, 7) is 2.77. The van der Waals surface area contributed by atoms with E-state index in [1.165, 1.54) is 32.1 Å². The quantitative estimate of drug-likeness (QED) is 0.779. The van der Waals surface area contributed by atoms with Gasteiger partial charge in [0.1, 0.15) is 0 Å². The molecule has 0 amide bonds. The molecule has 0 aromatic heterocycles. The topological polar surface area (TPSA) is 15.3 Å². The van der Waals surface area contributed by atoms with Crippen molar-refractivity contribution >= 4 is 0 Å². The lowest BCUT2D eigenvalue weighted by molar-refractivity contribution is -0.186. The molecule has 0 aromatic rings. The first-order chi connectivity index (χ1) is 9.55. The minimum Gasteiger partial charge on any atom is -0.314 e. The molecule has 20 heavy (non-hydrogen) atoms. The SMILES string of the molecule is FC(F)(F)C1CCCN(CCCNC2CCCCC2)C1. The van der Waals surface area contributed by atoms with E-state index in [2.05, 4.69) is 5.32 Å². The summed E-state index contributed by atoms with van der Waals surface area (Å²) in [5.74, 6) is -1.11. The summed E-state index contributed by atoms with van der Waals surface area (Å²) in [5.41, 5.74) is 0. The highest BCUT2D eigenvalue weighted by Gasteiger charge is 2.41. The second kappa shape index (κ2) is 7.64. The fourth-order valence-corrected chi connectivity index (χ4v) is 3.44. The fraction of sp³-hybridized carbons (Fsp3) is 1.00. The first-order valence-corrected chi connectivity index (χ1v) is 8.08. The fourth-order valence-electron chi connectivity index (χ4n) is 3.44. The maximum Gasteiger partial charge on any atom is 0.393 e. The molecular formula is C15H27F3N2. The third-order valence-electron chi connectivity index (χ3n) is 4.66. The minimum atomic E-state index is -4.01. The number of piperidine rings is 1. The molecule has 0 radical (unpaired) electrons. The van der Waals surface area contributed by atoms with Gasteiger partial charge in [-0.2, -0.15) is 13.2 Å². The standard InChI is InChI=1S/C15H27F3N2/c16-15(17,18)13-6-4-10-20(12-13)11-5-9-19-14-7-2-1-3-8-14/h13-14,19H,1-12H2. The molecule has 1 aliphatic carbocycles. The van der Waals surface area contributed by atoms with Gasteiger partial charge in [0.25, 0.3) is 0 Å². The van der Waals surface area contributed by atoms with Crippen LogP contribution in [0, 0.1) is 5.92 Å². The van der Waals surface area contributed by atoms with Crippen LogP contribution < -0.4 is 5.32 Å². The Hall–Kier alpha value is -0.290. The molecule has 1 saturated heterocycles. The van der Waals surface area contributed by atoms with Gasteiger partial charge in [-0.3, -0.25) is 0 Å². The van der Waals surface area contributed by atoms with Crippen molar-refractivity contribution in [2.45, 2.75) is 63.6 Å². The van der Waals surface area contributed by atoms with E-state index in [9.17, 15) is 13.2 Å². The van der Waals surface area contributed by atoms with Crippen LogP contribution in [0.5, 0.6) is 0 Å². The van der Waals surface area contributed by atoms with Crippen LogP contribution in [0.3, 0.4) is 0 Å². The molecule has 2 nitrogen and oxygen atoms in total. The number of hydrogen-bond donors (Lipinski definition) is 1. The summed E-state index contributed by atoms with van der Waals surface area (Å²) in [6, 6.07) is 0.646. The Morgan fingerprint density at radius 2 is 1.75 bits per heavy atom. The molecule has 0 bridgehead atoms. The van der Waals surface area contributed by atoms with Crippen molar-refractivity contribution in [1.29, 1.82) is 0 Å². The van der Waals surface area contributed by atoms with Crippen LogP contribution in [0.25, 0.3) is 0 Å². The summed E-state index contributed by atoms with van der Waals surface area (Å²) >= 11 is 0. The van der Waals surface area contributed by atoms with E-state index >= 15 is 0 Å². The Labute approximate surface area is 120 Å². The van der Waals surface area contributed by atoms with E-state index in [0.29, 0.717) is 18.9 Å². The number of nitrogens with one attached hydrogen (secondary N) is 1. The van der Waals surface area contributed by atoms with Gasteiger partial charge in [0, 0.05) is 12.6 Å². The maximum atomic E-state index is 12.7. The van der Waals surface area contributed by atoms with E-state index in [-0.39, 0.29) is 6.54 Å². The van der Waals surface area contributed by atoms with E-state index < -0.39 is 12.1 Å². The van der Waals surface area contributed by atoms with Crippen molar-refractivity contribution in [1.82, 2.24) is 10.2 Å². The van der Waals surface area contributed by atoms with Gasteiger partial charge in [0.15, 0.2) is 0 Å². The van der Waals surface area contributed by atoms with Crippen LogP contribution in [0.2, 0.25) is 0 Å². The van der Waals surface area contributed by atoms with Gasteiger partial charge < -0.3 is 10.2 Å². The Morgan fingerprint density at radius 3 is 2.45 bits per heavy atom. The molecule has 2 rings (SSSR count). The van der Waals surface area contributed by atoms with Gasteiger partial charge in [-0.15, -0.1) is 0 Å². The number of alkyl halides is 3. The maximum absolute atomic E-state index is 12.7. The summed E-state index contributed by atoms with van der Waals surface area (Å²) in [6.07, 6.45) is 4.44. The van der Waals surface area contributed by atoms with E-state index in [1.807, 2.05) is 4.90 Å². The number of rotatable bonds is 5. The number of hydrogen-bond acceptors (Lipinski definition) is 2. The van der Waals surface area contributed by atoms with Gasteiger partial charge in [-0.25, -0.2) is 0 Å². The van der Waals surface area contributed by atoms with E-state index in [0.717, 1.165) is 26.1 Å². The van der Waals surface area contributed by atoms with Gasteiger partial charge in [0.2, 0.25) is 0 Å². The number of likely N-dealkylation sites (tertiary alicyclic amines) is 1. The Kier molecular flexibility index (Phi) is 6.15. The average molecular weight is 292 g/mol. The molecule has 0 spiro atoms. The Morgan fingerprint density at radius 1 is 1.00 bits per heavy atom. The highest BCUT2D eigenvalue weighted by atomic mass is 19.4. The van der Waals surface area contributed by atoms with Crippen LogP contribution in [0.1, 0.15) is 51.4 Å². The number of nitrogens with zero attached hydrogens (tertiary/aromatic N) is 1. The zero-order chi connectivity index (χ0) is 14.4. The Balaban J connectivity index is 1.59. The smallest absolute Gasteiger partial charge is 0.314 e. The van der Waals surface area contributed by atoms with Crippen molar-refractivity contribution in [3.05, 3.63) is 0 Å². The molecule has 2 fully saturated rings. The minimum absolute atomic E-state index is 0.201. The van der Waals surface area contributed by atoms with Gasteiger partial charge in [-0.1, -0.05) is 19.3 Å². The molecule has 0 aromatic carbocycles. The van der Waals surface area contributed by atoms with Crippen molar-refractivity contribution in [3.8, 4) is 0 Å². The van der Waals surface area contributed by atoms with E-state index in [1.54, 1.807) is 0 Å². The third-order valence-corrected chi connectivity index (χ3v) is 4.66. The van der Waals surface area contributed by atoms with Crippen LogP contribution in [0.15, 0.2) is 0 Å². The first-order valence-electron chi connectivity index (χ1n) is 8.08. The highest BCUT2D eigenvalue weighted by molar-refractivity contribution is 4.78. The monoisotopic (exact) mass is 292 g/mol. The van der Waals surface area contributed by atoms with Crippen LogP contribution in [0.4, 0.5) is 13.2 Å². The lowest BCUT2D eigenvalue weighted by Crippen LogP contribution is -2.42. The predicted molar refractivity (Wildman–Crippen MR) is 74.7 cm³/mol. The van der Waals surface area contributed by atoms with Crippen molar-refractivity contribution in [2.24, 2.45) is 5.92 Å².